The number of rotatable bonds is 2. The monoisotopic (exact) mass is 274 g/mol. The molecule has 0 bridgehead atoms. The minimum Gasteiger partial charge on any atom is -0.496 e. The molecule has 2 aromatic rings. The predicted molar refractivity (Wildman–Crippen MR) is 78.7 cm³/mol. The summed E-state index contributed by atoms with van der Waals surface area (Å²) in [6, 6.07) is 5.24. The summed E-state index contributed by atoms with van der Waals surface area (Å²) in [7, 11) is 3.68. The van der Waals surface area contributed by atoms with Crippen LogP contribution in [0.1, 0.15) is 0 Å². The second kappa shape index (κ2) is 5.17. The topological polar surface area (TPSA) is 45.9 Å². The van der Waals surface area contributed by atoms with Crippen molar-refractivity contribution in [1.29, 1.82) is 0 Å². The zero-order valence-corrected chi connectivity index (χ0v) is 11.8. The predicted octanol–water partition coefficient (Wildman–Crippen LogP) is 1.55. The van der Waals surface area contributed by atoms with Crippen LogP contribution in [0.5, 0.6) is 5.75 Å². The van der Waals surface area contributed by atoms with E-state index in [-0.39, 0.29) is 5.43 Å². The average Bonchev–Trinajstić information content (AvgIpc) is 2.47. The Hall–Kier alpha value is -2.01. The third-order valence-corrected chi connectivity index (χ3v) is 3.81. The number of anilines is 1. The highest BCUT2D eigenvalue weighted by molar-refractivity contribution is 5.93. The highest BCUT2D eigenvalue weighted by Gasteiger charge is 2.19. The van der Waals surface area contributed by atoms with E-state index in [1.807, 2.05) is 12.1 Å². The second-order valence-corrected chi connectivity index (χ2v) is 5.07. The molecule has 3 rings (SSSR count). The van der Waals surface area contributed by atoms with Crippen LogP contribution < -0.4 is 15.1 Å². The smallest absolute Gasteiger partial charge is 0.196 e. The molecule has 0 amide bonds. The Kier molecular flexibility index (Phi) is 3.36. The lowest BCUT2D eigenvalue weighted by molar-refractivity contribution is 0.312. The lowest BCUT2D eigenvalue weighted by atomic mass is 10.1. The van der Waals surface area contributed by atoms with Crippen molar-refractivity contribution in [2.45, 2.75) is 0 Å². The summed E-state index contributed by atoms with van der Waals surface area (Å²) in [5.41, 5.74) is 1.51. The van der Waals surface area contributed by atoms with E-state index in [1.165, 1.54) is 12.3 Å². The molecule has 0 unspecified atom stereocenters. The van der Waals surface area contributed by atoms with E-state index >= 15 is 0 Å². The van der Waals surface area contributed by atoms with Crippen molar-refractivity contribution in [2.24, 2.45) is 0 Å². The number of hydrogen-bond acceptors (Lipinski definition) is 5. The number of ether oxygens (including phenoxy) is 1. The summed E-state index contributed by atoms with van der Waals surface area (Å²) < 4.78 is 10.9. The van der Waals surface area contributed by atoms with Gasteiger partial charge in [0.2, 0.25) is 0 Å². The third kappa shape index (κ3) is 2.14. The maximum atomic E-state index is 12.1. The Morgan fingerprint density at radius 1 is 1.15 bits per heavy atom. The fourth-order valence-electron chi connectivity index (χ4n) is 2.62. The van der Waals surface area contributed by atoms with Crippen LogP contribution in [0, 0.1) is 0 Å². The first-order valence-electron chi connectivity index (χ1n) is 6.72. The number of hydrogen-bond donors (Lipinski definition) is 0. The van der Waals surface area contributed by atoms with Gasteiger partial charge in [-0.3, -0.25) is 4.79 Å². The molecule has 20 heavy (non-hydrogen) atoms. The second-order valence-electron chi connectivity index (χ2n) is 5.07. The van der Waals surface area contributed by atoms with Crippen molar-refractivity contribution in [1.82, 2.24) is 4.90 Å². The number of nitrogens with zero attached hydrogens (tertiary/aromatic N) is 2. The van der Waals surface area contributed by atoms with Crippen LogP contribution in [-0.2, 0) is 0 Å². The Balaban J connectivity index is 2.13. The summed E-state index contributed by atoms with van der Waals surface area (Å²) in [6.07, 6.45) is 1.45. The molecule has 1 aliphatic rings. The molecule has 1 saturated heterocycles. The Morgan fingerprint density at radius 3 is 2.60 bits per heavy atom. The molecule has 0 radical (unpaired) electrons. The first-order valence-corrected chi connectivity index (χ1v) is 6.72. The van der Waals surface area contributed by atoms with Crippen molar-refractivity contribution >= 4 is 16.7 Å². The Bertz CT molecular complexity index is 672. The van der Waals surface area contributed by atoms with E-state index in [4.69, 9.17) is 9.15 Å². The van der Waals surface area contributed by atoms with Gasteiger partial charge in [0, 0.05) is 32.2 Å². The normalized spacial score (nSPS) is 16.6. The van der Waals surface area contributed by atoms with Crippen LogP contribution in [0.4, 0.5) is 5.69 Å². The molecule has 1 aliphatic heterocycles. The van der Waals surface area contributed by atoms with Gasteiger partial charge in [0.05, 0.1) is 19.1 Å². The van der Waals surface area contributed by atoms with Gasteiger partial charge >= 0.3 is 0 Å². The van der Waals surface area contributed by atoms with Crippen LogP contribution in [0.3, 0.4) is 0 Å². The molecule has 0 spiro atoms. The van der Waals surface area contributed by atoms with Crippen LogP contribution >= 0.6 is 0 Å². The van der Waals surface area contributed by atoms with Gasteiger partial charge in [0.25, 0.3) is 0 Å². The molecule has 0 atom stereocenters. The Morgan fingerprint density at radius 2 is 1.90 bits per heavy atom. The number of fused-ring (bicyclic) bond motifs is 1. The molecular formula is C15H18N2O3. The highest BCUT2D eigenvalue weighted by Crippen LogP contribution is 2.31. The van der Waals surface area contributed by atoms with Gasteiger partial charge in [0.15, 0.2) is 11.0 Å². The van der Waals surface area contributed by atoms with Crippen LogP contribution in [0.25, 0.3) is 11.0 Å². The molecule has 0 N–H and O–H groups in total. The van der Waals surface area contributed by atoms with E-state index in [9.17, 15) is 4.79 Å². The minimum absolute atomic E-state index is 0.0703. The summed E-state index contributed by atoms with van der Waals surface area (Å²) >= 11 is 0. The van der Waals surface area contributed by atoms with Gasteiger partial charge in [-0.15, -0.1) is 0 Å². The molecule has 5 nitrogen and oxygen atoms in total. The van der Waals surface area contributed by atoms with Crippen LogP contribution in [-0.4, -0.2) is 45.2 Å². The van der Waals surface area contributed by atoms with E-state index in [0.29, 0.717) is 16.7 Å². The third-order valence-electron chi connectivity index (χ3n) is 3.81. The molecule has 5 heteroatoms. The van der Waals surface area contributed by atoms with Crippen molar-refractivity contribution in [3.63, 3.8) is 0 Å². The first kappa shape index (κ1) is 13.0. The van der Waals surface area contributed by atoms with Gasteiger partial charge in [-0.05, 0) is 19.2 Å². The van der Waals surface area contributed by atoms with E-state index in [2.05, 4.69) is 16.8 Å². The minimum atomic E-state index is -0.0703. The van der Waals surface area contributed by atoms with Crippen molar-refractivity contribution < 1.29 is 9.15 Å². The number of benzene rings is 1. The summed E-state index contributed by atoms with van der Waals surface area (Å²) in [5, 5.41) is 0.520. The summed E-state index contributed by atoms with van der Waals surface area (Å²) in [4.78, 5) is 16.6. The Labute approximate surface area is 117 Å². The summed E-state index contributed by atoms with van der Waals surface area (Å²) in [5.74, 6) is 0.562. The molecule has 106 valence electrons. The van der Waals surface area contributed by atoms with Gasteiger partial charge < -0.3 is 19.0 Å². The lowest BCUT2D eigenvalue weighted by Crippen LogP contribution is -2.44. The van der Waals surface area contributed by atoms with E-state index in [1.54, 1.807) is 7.11 Å². The highest BCUT2D eigenvalue weighted by atomic mass is 16.5. The summed E-state index contributed by atoms with van der Waals surface area (Å²) in [6.45, 7) is 3.86. The largest absolute Gasteiger partial charge is 0.496 e. The molecule has 0 saturated carbocycles. The molecular weight excluding hydrogens is 256 g/mol. The quantitative estimate of drug-likeness (QED) is 0.831. The van der Waals surface area contributed by atoms with Crippen molar-refractivity contribution in [2.75, 3.05) is 45.2 Å². The van der Waals surface area contributed by atoms with Gasteiger partial charge in [-0.1, -0.05) is 0 Å². The molecule has 1 aromatic carbocycles. The van der Waals surface area contributed by atoms with E-state index in [0.717, 1.165) is 31.9 Å². The number of likely N-dealkylation sites (N-methyl/N-ethyl adjacent to an activating group) is 1. The molecule has 2 heterocycles. The number of methoxy groups -OCH3 is 1. The van der Waals surface area contributed by atoms with Crippen molar-refractivity contribution in [3.8, 4) is 5.75 Å². The fourth-order valence-corrected chi connectivity index (χ4v) is 2.62. The van der Waals surface area contributed by atoms with Crippen LogP contribution in [0.15, 0.2) is 33.7 Å². The zero-order valence-electron chi connectivity index (χ0n) is 11.8. The average molecular weight is 274 g/mol. The lowest BCUT2D eigenvalue weighted by Gasteiger charge is -2.34. The number of piperazine rings is 1. The van der Waals surface area contributed by atoms with Crippen molar-refractivity contribution in [3.05, 3.63) is 34.7 Å². The maximum Gasteiger partial charge on any atom is 0.196 e. The standard InChI is InChI=1S/C15H18N2O3/c1-16-6-8-17(9-7-16)11-3-4-13(19-2)14-12(18)5-10-20-15(11)14/h3-5,10H,6-9H2,1-2H3. The van der Waals surface area contributed by atoms with Gasteiger partial charge in [-0.2, -0.15) is 0 Å². The van der Waals surface area contributed by atoms with E-state index < -0.39 is 0 Å². The van der Waals surface area contributed by atoms with Crippen LogP contribution in [0.2, 0.25) is 0 Å². The zero-order chi connectivity index (χ0) is 14.1. The molecule has 1 aromatic heterocycles. The SMILES string of the molecule is COc1ccc(N2CCN(C)CC2)c2occc(=O)c12. The molecule has 1 fully saturated rings. The van der Waals surface area contributed by atoms with Gasteiger partial charge in [-0.25, -0.2) is 0 Å². The fraction of sp³-hybridized carbons (Fsp3) is 0.400. The molecule has 0 aliphatic carbocycles. The first-order chi connectivity index (χ1) is 9.70. The maximum absolute atomic E-state index is 12.1. The van der Waals surface area contributed by atoms with Gasteiger partial charge in [0.1, 0.15) is 11.1 Å².